The molecule has 0 amide bonds. The largest absolute Gasteiger partial charge is 0.490 e. The molecule has 3 rings (SSSR count). The molecule has 2 aliphatic heterocycles. The van der Waals surface area contributed by atoms with Gasteiger partial charge in [0, 0.05) is 19.2 Å². The third-order valence-electron chi connectivity index (χ3n) is 4.86. The molecule has 0 radical (unpaired) electrons. The number of hydrogen-bond donors (Lipinski definition) is 4. The van der Waals surface area contributed by atoms with E-state index in [1.807, 2.05) is 0 Å². The normalized spacial score (nSPS) is 28.6. The van der Waals surface area contributed by atoms with E-state index >= 15 is 0 Å². The molecule has 2 saturated heterocycles. The number of rotatable bonds is 3. The highest BCUT2D eigenvalue weighted by Gasteiger charge is 2.39. The SMILES string of the molecule is C1CC(CNC2C[C@H]3CNC[C@H]3C2)CO1.O=C(O)C(F)(F)F.O=C(O)C(F)(F)F. The number of halogens is 6. The Labute approximate surface area is 162 Å². The molecule has 4 atom stereocenters. The van der Waals surface area contributed by atoms with Crippen molar-refractivity contribution in [2.24, 2.45) is 17.8 Å². The number of aliphatic carboxylic acids is 2. The van der Waals surface area contributed by atoms with Gasteiger partial charge in [0.2, 0.25) is 0 Å². The summed E-state index contributed by atoms with van der Waals surface area (Å²) in [4.78, 5) is 17.8. The van der Waals surface area contributed by atoms with Gasteiger partial charge in [-0.3, -0.25) is 0 Å². The van der Waals surface area contributed by atoms with Gasteiger partial charge in [0.25, 0.3) is 0 Å². The van der Waals surface area contributed by atoms with E-state index in [9.17, 15) is 26.3 Å². The minimum atomic E-state index is -5.08. The lowest BCUT2D eigenvalue weighted by Gasteiger charge is -2.16. The van der Waals surface area contributed by atoms with Crippen LogP contribution in [0.2, 0.25) is 0 Å². The molecule has 1 aliphatic carbocycles. The fourth-order valence-electron chi connectivity index (χ4n) is 3.41. The first-order valence-corrected chi connectivity index (χ1v) is 8.92. The number of carbonyl (C=O) groups is 2. The predicted molar refractivity (Wildman–Crippen MR) is 87.2 cm³/mol. The average molecular weight is 438 g/mol. The van der Waals surface area contributed by atoms with Crippen LogP contribution in [0.5, 0.6) is 0 Å². The van der Waals surface area contributed by atoms with Crippen molar-refractivity contribution in [1.29, 1.82) is 0 Å². The highest BCUT2D eigenvalue weighted by molar-refractivity contribution is 5.73. The lowest BCUT2D eigenvalue weighted by atomic mass is 10.0. The molecule has 2 heterocycles. The van der Waals surface area contributed by atoms with Crippen molar-refractivity contribution in [1.82, 2.24) is 10.6 Å². The maximum atomic E-state index is 10.6. The third kappa shape index (κ3) is 9.63. The summed E-state index contributed by atoms with van der Waals surface area (Å²) in [6, 6.07) is 0.794. The molecule has 13 heteroatoms. The molecule has 0 aromatic carbocycles. The van der Waals surface area contributed by atoms with Crippen LogP contribution < -0.4 is 10.6 Å². The van der Waals surface area contributed by atoms with Gasteiger partial charge in [-0.1, -0.05) is 0 Å². The molecule has 1 saturated carbocycles. The molecule has 3 fully saturated rings. The zero-order chi connectivity index (χ0) is 22.2. The second-order valence-electron chi connectivity index (χ2n) is 7.09. The van der Waals surface area contributed by atoms with Gasteiger partial charge in [-0.15, -0.1) is 0 Å². The Hall–Kier alpha value is -1.60. The lowest BCUT2D eigenvalue weighted by molar-refractivity contribution is -0.193. The quantitative estimate of drug-likeness (QED) is 0.499. The molecule has 4 N–H and O–H groups in total. The number of carboxylic acid groups (broad SMARTS) is 2. The fourth-order valence-corrected chi connectivity index (χ4v) is 3.41. The van der Waals surface area contributed by atoms with Gasteiger partial charge in [-0.2, -0.15) is 26.3 Å². The first-order chi connectivity index (χ1) is 13.3. The van der Waals surface area contributed by atoms with Crippen molar-refractivity contribution in [3.05, 3.63) is 0 Å². The summed E-state index contributed by atoms with van der Waals surface area (Å²) in [5, 5.41) is 21.5. The maximum absolute atomic E-state index is 10.6. The van der Waals surface area contributed by atoms with E-state index in [4.69, 9.17) is 24.5 Å². The van der Waals surface area contributed by atoms with Crippen LogP contribution >= 0.6 is 0 Å². The molecule has 0 aromatic rings. The maximum Gasteiger partial charge on any atom is 0.490 e. The topological polar surface area (TPSA) is 108 Å². The summed E-state index contributed by atoms with van der Waals surface area (Å²) in [7, 11) is 0. The minimum absolute atomic E-state index is 0.781. The van der Waals surface area contributed by atoms with Gasteiger partial charge < -0.3 is 25.6 Å². The van der Waals surface area contributed by atoms with Crippen LogP contribution in [0.4, 0.5) is 26.3 Å². The van der Waals surface area contributed by atoms with E-state index in [0.29, 0.717) is 0 Å². The number of hydrogen-bond acceptors (Lipinski definition) is 5. The van der Waals surface area contributed by atoms with E-state index < -0.39 is 24.3 Å². The fraction of sp³-hybridized carbons (Fsp3) is 0.875. The third-order valence-corrected chi connectivity index (χ3v) is 4.86. The Morgan fingerprint density at radius 1 is 0.966 bits per heavy atom. The van der Waals surface area contributed by atoms with Crippen LogP contribution in [0.15, 0.2) is 0 Å². The van der Waals surface area contributed by atoms with Crippen molar-refractivity contribution < 1.29 is 50.9 Å². The van der Waals surface area contributed by atoms with Crippen molar-refractivity contribution in [3.63, 3.8) is 0 Å². The second kappa shape index (κ2) is 11.0. The summed E-state index contributed by atoms with van der Waals surface area (Å²) >= 11 is 0. The van der Waals surface area contributed by atoms with Gasteiger partial charge in [0.1, 0.15) is 0 Å². The molecule has 170 valence electrons. The van der Waals surface area contributed by atoms with Crippen LogP contribution in [0.25, 0.3) is 0 Å². The Kier molecular flexibility index (Phi) is 9.62. The molecule has 2 unspecified atom stereocenters. The zero-order valence-corrected chi connectivity index (χ0v) is 15.4. The number of nitrogens with one attached hydrogen (secondary N) is 2. The molecule has 0 aromatic heterocycles. The summed E-state index contributed by atoms with van der Waals surface area (Å²) < 4.78 is 68.9. The summed E-state index contributed by atoms with van der Waals surface area (Å²) in [5.74, 6) is -2.81. The molecule has 29 heavy (non-hydrogen) atoms. The molecule has 0 bridgehead atoms. The van der Waals surface area contributed by atoms with Crippen molar-refractivity contribution in [2.75, 3.05) is 32.8 Å². The Morgan fingerprint density at radius 2 is 1.41 bits per heavy atom. The molecule has 3 aliphatic rings. The highest BCUT2D eigenvalue weighted by Crippen LogP contribution is 2.34. The van der Waals surface area contributed by atoms with Gasteiger partial charge in [0.05, 0.1) is 6.61 Å². The van der Waals surface area contributed by atoms with Crippen molar-refractivity contribution >= 4 is 11.9 Å². The van der Waals surface area contributed by atoms with E-state index in [-0.39, 0.29) is 0 Å². The molecular weight excluding hydrogens is 414 g/mol. The Morgan fingerprint density at radius 3 is 1.76 bits per heavy atom. The van der Waals surface area contributed by atoms with Crippen LogP contribution in [-0.4, -0.2) is 73.4 Å². The average Bonchev–Trinajstić information content (AvgIpc) is 3.29. The second-order valence-corrected chi connectivity index (χ2v) is 7.09. The van der Waals surface area contributed by atoms with Gasteiger partial charge in [-0.25, -0.2) is 9.59 Å². The lowest BCUT2D eigenvalue weighted by Crippen LogP contribution is -2.33. The van der Waals surface area contributed by atoms with Gasteiger partial charge in [-0.05, 0) is 50.1 Å². The summed E-state index contributed by atoms with van der Waals surface area (Å²) in [6.07, 6.45) is -6.12. The van der Waals surface area contributed by atoms with Crippen LogP contribution in [0.3, 0.4) is 0 Å². The van der Waals surface area contributed by atoms with Crippen molar-refractivity contribution in [3.8, 4) is 0 Å². The van der Waals surface area contributed by atoms with Crippen LogP contribution in [0.1, 0.15) is 19.3 Å². The van der Waals surface area contributed by atoms with Crippen LogP contribution in [-0.2, 0) is 14.3 Å². The smallest absolute Gasteiger partial charge is 0.475 e. The number of ether oxygens (including phenoxy) is 1. The number of carboxylic acids is 2. The van der Waals surface area contributed by atoms with Gasteiger partial charge >= 0.3 is 24.3 Å². The molecule has 0 spiro atoms. The number of fused-ring (bicyclic) bond motifs is 1. The Bertz CT molecular complexity index is 501. The monoisotopic (exact) mass is 438 g/mol. The predicted octanol–water partition coefficient (Wildman–Crippen LogP) is 1.88. The van der Waals surface area contributed by atoms with E-state index in [0.717, 1.165) is 37.0 Å². The summed E-state index contributed by atoms with van der Waals surface area (Å²) in [6.45, 7) is 5.66. The number of alkyl halides is 6. The van der Waals surface area contributed by atoms with E-state index in [2.05, 4.69) is 10.6 Å². The minimum Gasteiger partial charge on any atom is -0.475 e. The standard InChI is InChI=1S/C12H22N2O.2C2HF3O2/c1-2-15-8-9(1)5-14-12-3-10-6-13-7-11(10)4-12;2*3-2(4,5)1(6)7/h9-14H,1-8H2;2*(H,6,7)/t9?,10-,11+,12?;;. The summed E-state index contributed by atoms with van der Waals surface area (Å²) in [5.41, 5.74) is 0. The van der Waals surface area contributed by atoms with E-state index in [1.165, 1.54) is 38.9 Å². The first kappa shape index (κ1) is 25.4. The highest BCUT2D eigenvalue weighted by atomic mass is 19.4. The first-order valence-electron chi connectivity index (χ1n) is 8.92. The molecule has 7 nitrogen and oxygen atoms in total. The Balaban J connectivity index is 0.000000255. The molecular formula is C16H24F6N2O5. The van der Waals surface area contributed by atoms with Crippen LogP contribution in [0, 0.1) is 17.8 Å². The van der Waals surface area contributed by atoms with Gasteiger partial charge in [0.15, 0.2) is 0 Å². The zero-order valence-electron chi connectivity index (χ0n) is 15.4. The van der Waals surface area contributed by atoms with Crippen molar-refractivity contribution in [2.45, 2.75) is 37.7 Å². The van der Waals surface area contributed by atoms with E-state index in [1.54, 1.807) is 0 Å².